The first-order valence-electron chi connectivity index (χ1n) is 11.4. The number of carbonyl (C=O) groups is 1. The highest BCUT2D eigenvalue weighted by molar-refractivity contribution is 5.68. The van der Waals surface area contributed by atoms with E-state index < -0.39 is 5.60 Å². The van der Waals surface area contributed by atoms with Crippen molar-refractivity contribution < 1.29 is 14.3 Å². The van der Waals surface area contributed by atoms with Crippen molar-refractivity contribution in [1.82, 2.24) is 24.3 Å². The first-order chi connectivity index (χ1) is 15.7. The Morgan fingerprint density at radius 3 is 2.79 bits per heavy atom. The number of nitrogens with zero attached hydrogens (tertiary/aromatic N) is 5. The van der Waals surface area contributed by atoms with Crippen LogP contribution in [0.5, 0.6) is 5.88 Å². The Balaban J connectivity index is 1.50. The zero-order chi connectivity index (χ0) is 23.6. The second-order valence-corrected chi connectivity index (χ2v) is 9.58. The summed E-state index contributed by atoms with van der Waals surface area (Å²) >= 11 is 0. The van der Waals surface area contributed by atoms with Crippen LogP contribution < -0.4 is 10.1 Å². The molecule has 3 aromatic rings. The number of rotatable bonds is 5. The molecule has 4 heterocycles. The van der Waals surface area contributed by atoms with Gasteiger partial charge in [0.1, 0.15) is 11.4 Å². The molecule has 0 saturated carbocycles. The molecule has 0 aliphatic carbocycles. The molecule has 1 atom stereocenters. The first kappa shape index (κ1) is 22.8. The number of nitrogens with one attached hydrogen (secondary N) is 1. The molecule has 3 aromatic heterocycles. The average molecular weight is 453 g/mol. The van der Waals surface area contributed by atoms with Crippen LogP contribution in [0, 0.1) is 0 Å². The highest BCUT2D eigenvalue weighted by Gasteiger charge is 2.27. The molecule has 0 spiro atoms. The van der Waals surface area contributed by atoms with Gasteiger partial charge in [-0.05, 0) is 59.6 Å². The summed E-state index contributed by atoms with van der Waals surface area (Å²) in [7, 11) is 0. The number of piperidine rings is 1. The summed E-state index contributed by atoms with van der Waals surface area (Å²) in [6.07, 6.45) is 6.94. The predicted octanol–water partition coefficient (Wildman–Crippen LogP) is 4.39. The molecule has 176 valence electrons. The Morgan fingerprint density at radius 2 is 2.03 bits per heavy atom. The van der Waals surface area contributed by atoms with E-state index in [0.717, 1.165) is 35.7 Å². The lowest BCUT2D eigenvalue weighted by Gasteiger charge is -2.34. The SMILES string of the molecule is CC(C)Oc1cn2c(-c3cccc(N[C@@H]4CCCN(C(=O)OC(C)(C)C)C4)n3)cnc2cn1. The van der Waals surface area contributed by atoms with Gasteiger partial charge in [0.25, 0.3) is 0 Å². The van der Waals surface area contributed by atoms with Crippen molar-refractivity contribution in [2.24, 2.45) is 0 Å². The lowest BCUT2D eigenvalue weighted by atomic mass is 10.1. The number of imidazole rings is 1. The van der Waals surface area contributed by atoms with Crippen molar-refractivity contribution in [2.45, 2.75) is 65.2 Å². The minimum Gasteiger partial charge on any atom is -0.474 e. The number of hydrogen-bond donors (Lipinski definition) is 1. The van der Waals surface area contributed by atoms with Crippen molar-refractivity contribution >= 4 is 17.6 Å². The Hall–Kier alpha value is -3.36. The number of amides is 1. The lowest BCUT2D eigenvalue weighted by molar-refractivity contribution is 0.0206. The summed E-state index contributed by atoms with van der Waals surface area (Å²) < 4.78 is 13.2. The lowest BCUT2D eigenvalue weighted by Crippen LogP contribution is -2.47. The number of carbonyl (C=O) groups excluding carboxylic acids is 1. The Labute approximate surface area is 194 Å². The van der Waals surface area contributed by atoms with Gasteiger partial charge in [-0.3, -0.25) is 4.40 Å². The first-order valence-corrected chi connectivity index (χ1v) is 11.4. The molecule has 0 radical (unpaired) electrons. The van der Waals surface area contributed by atoms with Crippen LogP contribution in [0.1, 0.15) is 47.5 Å². The summed E-state index contributed by atoms with van der Waals surface area (Å²) in [5.74, 6) is 1.29. The summed E-state index contributed by atoms with van der Waals surface area (Å²) in [5.41, 5.74) is 1.86. The third kappa shape index (κ3) is 5.71. The van der Waals surface area contributed by atoms with Crippen molar-refractivity contribution in [3.63, 3.8) is 0 Å². The van der Waals surface area contributed by atoms with Gasteiger partial charge in [0.05, 0.1) is 36.1 Å². The maximum atomic E-state index is 12.5. The number of anilines is 1. The maximum Gasteiger partial charge on any atom is 0.410 e. The van der Waals surface area contributed by atoms with Crippen molar-refractivity contribution in [2.75, 3.05) is 18.4 Å². The van der Waals surface area contributed by atoms with Gasteiger partial charge in [0, 0.05) is 19.1 Å². The molecule has 1 fully saturated rings. The molecule has 0 unspecified atom stereocenters. The van der Waals surface area contributed by atoms with Crippen molar-refractivity contribution in [1.29, 1.82) is 0 Å². The fraction of sp³-hybridized carbons (Fsp3) is 0.500. The highest BCUT2D eigenvalue weighted by Crippen LogP contribution is 2.23. The van der Waals surface area contributed by atoms with Crippen molar-refractivity contribution in [3.8, 4) is 17.3 Å². The minimum atomic E-state index is -0.503. The Bertz CT molecular complexity index is 1120. The second-order valence-electron chi connectivity index (χ2n) is 9.58. The summed E-state index contributed by atoms with van der Waals surface area (Å²) in [4.78, 5) is 27.8. The van der Waals surface area contributed by atoms with E-state index in [-0.39, 0.29) is 18.2 Å². The third-order valence-corrected chi connectivity index (χ3v) is 5.17. The van der Waals surface area contributed by atoms with Crippen LogP contribution in [0.3, 0.4) is 0 Å². The van der Waals surface area contributed by atoms with Gasteiger partial charge in [-0.25, -0.2) is 19.7 Å². The van der Waals surface area contributed by atoms with Gasteiger partial charge < -0.3 is 19.7 Å². The van der Waals surface area contributed by atoms with Gasteiger partial charge >= 0.3 is 6.09 Å². The number of fused-ring (bicyclic) bond motifs is 1. The maximum absolute atomic E-state index is 12.5. The summed E-state index contributed by atoms with van der Waals surface area (Å²) in [5, 5.41) is 3.49. The molecular formula is C24H32N6O3. The van der Waals surface area contributed by atoms with E-state index in [1.54, 1.807) is 17.3 Å². The molecule has 1 N–H and O–H groups in total. The van der Waals surface area contributed by atoms with E-state index in [2.05, 4.69) is 15.3 Å². The highest BCUT2D eigenvalue weighted by atomic mass is 16.6. The molecule has 1 aliphatic heterocycles. The molecule has 33 heavy (non-hydrogen) atoms. The zero-order valence-electron chi connectivity index (χ0n) is 19.9. The largest absolute Gasteiger partial charge is 0.474 e. The van der Waals surface area contributed by atoms with Crippen LogP contribution >= 0.6 is 0 Å². The standard InChI is InChI=1S/C24H32N6O3/c1-16(2)32-22-15-30-19(12-25-21(30)13-26-22)18-9-6-10-20(28-18)27-17-8-7-11-29(14-17)23(31)33-24(3,4)5/h6,9-10,12-13,15-17H,7-8,11,14H2,1-5H3,(H,27,28)/t17-/m1/s1. The molecular weight excluding hydrogens is 420 g/mol. The van der Waals surface area contributed by atoms with E-state index in [1.807, 2.05) is 63.4 Å². The number of likely N-dealkylation sites (tertiary alicyclic amines) is 1. The fourth-order valence-electron chi connectivity index (χ4n) is 3.82. The molecule has 9 heteroatoms. The number of ether oxygens (including phenoxy) is 2. The molecule has 1 aliphatic rings. The third-order valence-electron chi connectivity index (χ3n) is 5.17. The molecule has 1 amide bonds. The number of aromatic nitrogens is 4. The zero-order valence-corrected chi connectivity index (χ0v) is 19.9. The van der Waals surface area contributed by atoms with E-state index in [4.69, 9.17) is 14.5 Å². The molecule has 4 rings (SSSR count). The predicted molar refractivity (Wildman–Crippen MR) is 126 cm³/mol. The van der Waals surface area contributed by atoms with Gasteiger partial charge in [-0.1, -0.05) is 6.07 Å². The van der Waals surface area contributed by atoms with Crippen LogP contribution in [-0.2, 0) is 4.74 Å². The van der Waals surface area contributed by atoms with Crippen LogP contribution in [-0.4, -0.2) is 61.2 Å². The molecule has 0 bridgehead atoms. The van der Waals surface area contributed by atoms with Gasteiger partial charge in [-0.15, -0.1) is 0 Å². The average Bonchev–Trinajstić information content (AvgIpc) is 3.16. The topological polar surface area (TPSA) is 93.9 Å². The second kappa shape index (κ2) is 9.25. The Kier molecular flexibility index (Phi) is 6.40. The number of hydrogen-bond acceptors (Lipinski definition) is 7. The number of pyridine rings is 1. The summed E-state index contributed by atoms with van der Waals surface area (Å²) in [6.45, 7) is 10.9. The summed E-state index contributed by atoms with van der Waals surface area (Å²) in [6, 6.07) is 5.96. The molecule has 0 aromatic carbocycles. The van der Waals surface area contributed by atoms with E-state index >= 15 is 0 Å². The van der Waals surface area contributed by atoms with Gasteiger partial charge in [0.2, 0.25) is 5.88 Å². The monoisotopic (exact) mass is 452 g/mol. The van der Waals surface area contributed by atoms with Gasteiger partial charge in [0.15, 0.2) is 5.65 Å². The van der Waals surface area contributed by atoms with E-state index in [9.17, 15) is 4.79 Å². The van der Waals surface area contributed by atoms with Crippen LogP contribution in [0.4, 0.5) is 10.6 Å². The van der Waals surface area contributed by atoms with E-state index in [1.165, 1.54) is 0 Å². The van der Waals surface area contributed by atoms with Crippen LogP contribution in [0.25, 0.3) is 17.0 Å². The molecule has 9 nitrogen and oxygen atoms in total. The smallest absolute Gasteiger partial charge is 0.410 e. The quantitative estimate of drug-likeness (QED) is 0.613. The van der Waals surface area contributed by atoms with Crippen molar-refractivity contribution in [3.05, 3.63) is 36.8 Å². The van der Waals surface area contributed by atoms with Crippen LogP contribution in [0.15, 0.2) is 36.8 Å². The minimum absolute atomic E-state index is 0.0308. The Morgan fingerprint density at radius 1 is 1.21 bits per heavy atom. The normalized spacial score (nSPS) is 16.8. The fourth-order valence-corrected chi connectivity index (χ4v) is 3.82. The van der Waals surface area contributed by atoms with Crippen LogP contribution in [0.2, 0.25) is 0 Å². The van der Waals surface area contributed by atoms with E-state index in [0.29, 0.717) is 19.0 Å². The van der Waals surface area contributed by atoms with Gasteiger partial charge in [-0.2, -0.15) is 0 Å². The molecule has 1 saturated heterocycles.